The van der Waals surface area contributed by atoms with Gasteiger partial charge in [0.2, 0.25) is 5.16 Å². The zero-order chi connectivity index (χ0) is 17.9. The summed E-state index contributed by atoms with van der Waals surface area (Å²) in [5.74, 6) is 1.17. The highest BCUT2D eigenvalue weighted by Crippen LogP contribution is 2.28. The lowest BCUT2D eigenvalue weighted by atomic mass is 10.1. The number of methoxy groups -OCH3 is 1. The van der Waals surface area contributed by atoms with Crippen LogP contribution in [0.15, 0.2) is 69.0 Å². The highest BCUT2D eigenvalue weighted by molar-refractivity contribution is 7.98. The van der Waals surface area contributed by atoms with E-state index in [1.165, 1.54) is 17.8 Å². The van der Waals surface area contributed by atoms with Crippen molar-refractivity contribution in [3.63, 3.8) is 0 Å². The van der Waals surface area contributed by atoms with Gasteiger partial charge in [0, 0.05) is 23.3 Å². The number of hydrogen-bond acceptors (Lipinski definition) is 7. The summed E-state index contributed by atoms with van der Waals surface area (Å²) in [6.45, 7) is 0. The zero-order valence-corrected chi connectivity index (χ0v) is 14.6. The second kappa shape index (κ2) is 7.01. The molecule has 0 N–H and O–H groups in total. The van der Waals surface area contributed by atoms with Crippen LogP contribution in [0.5, 0.6) is 5.75 Å². The van der Waals surface area contributed by atoms with E-state index in [4.69, 9.17) is 9.15 Å². The van der Waals surface area contributed by atoms with Crippen molar-refractivity contribution in [3.05, 3.63) is 70.6 Å². The number of thioether (sulfide) groups is 1. The van der Waals surface area contributed by atoms with E-state index < -0.39 is 5.63 Å². The van der Waals surface area contributed by atoms with Crippen LogP contribution < -0.4 is 10.4 Å². The Morgan fingerprint density at radius 3 is 2.81 bits per heavy atom. The highest BCUT2D eigenvalue weighted by Gasteiger charge is 2.12. The Bertz CT molecular complexity index is 1110. The Hall–Kier alpha value is -3.13. The van der Waals surface area contributed by atoms with E-state index in [9.17, 15) is 4.79 Å². The molecule has 0 aliphatic rings. The lowest BCUT2D eigenvalue weighted by Gasteiger charge is -2.07. The smallest absolute Gasteiger partial charge is 0.336 e. The van der Waals surface area contributed by atoms with E-state index in [0.717, 1.165) is 16.6 Å². The van der Waals surface area contributed by atoms with E-state index in [-0.39, 0.29) is 0 Å². The third-order valence-corrected chi connectivity index (χ3v) is 4.80. The minimum atomic E-state index is -0.399. The molecule has 0 radical (unpaired) electrons. The fourth-order valence-corrected chi connectivity index (χ4v) is 3.48. The fraction of sp³-hybridized carbons (Fsp3) is 0.111. The first kappa shape index (κ1) is 16.3. The summed E-state index contributed by atoms with van der Waals surface area (Å²) in [5, 5.41) is 13.4. The lowest BCUT2D eigenvalue weighted by Crippen LogP contribution is -2.01. The number of ether oxygens (including phenoxy) is 1. The molecule has 0 atom stereocenters. The molecule has 0 fully saturated rings. The summed E-state index contributed by atoms with van der Waals surface area (Å²) in [7, 11) is 1.57. The molecule has 0 saturated heterocycles. The van der Waals surface area contributed by atoms with Gasteiger partial charge in [-0.25, -0.2) is 4.79 Å². The molecule has 0 saturated carbocycles. The van der Waals surface area contributed by atoms with Crippen molar-refractivity contribution in [1.82, 2.24) is 20.2 Å². The summed E-state index contributed by atoms with van der Waals surface area (Å²) < 4.78 is 12.1. The topological polar surface area (TPSA) is 83.0 Å². The molecule has 7 nitrogen and oxygen atoms in total. The van der Waals surface area contributed by atoms with Crippen LogP contribution in [0.2, 0.25) is 0 Å². The Labute approximate surface area is 152 Å². The van der Waals surface area contributed by atoms with Crippen molar-refractivity contribution in [3.8, 4) is 11.4 Å². The molecule has 4 rings (SSSR count). The molecule has 0 amide bonds. The number of aromatic nitrogens is 4. The Balaban J connectivity index is 1.65. The van der Waals surface area contributed by atoms with E-state index in [1.807, 2.05) is 42.5 Å². The molecule has 4 aromatic rings. The normalized spacial score (nSPS) is 11.0. The van der Waals surface area contributed by atoms with Crippen LogP contribution >= 0.6 is 11.8 Å². The molecule has 8 heteroatoms. The van der Waals surface area contributed by atoms with E-state index >= 15 is 0 Å². The Morgan fingerprint density at radius 1 is 1.15 bits per heavy atom. The SMILES string of the molecule is COc1ccc2c(CSc3nnnn3-c3ccccc3)cc(=O)oc2c1. The van der Waals surface area contributed by atoms with Gasteiger partial charge < -0.3 is 9.15 Å². The van der Waals surface area contributed by atoms with Crippen molar-refractivity contribution in [2.24, 2.45) is 0 Å². The maximum Gasteiger partial charge on any atom is 0.336 e. The van der Waals surface area contributed by atoms with Gasteiger partial charge in [0.25, 0.3) is 0 Å². The number of fused-ring (bicyclic) bond motifs is 1. The molecule has 0 bridgehead atoms. The molecule has 0 spiro atoms. The van der Waals surface area contributed by atoms with Crippen molar-refractivity contribution in [2.45, 2.75) is 10.9 Å². The number of tetrazole rings is 1. The number of rotatable bonds is 5. The molecule has 2 aromatic carbocycles. The predicted molar refractivity (Wildman–Crippen MR) is 97.8 cm³/mol. The van der Waals surface area contributed by atoms with E-state index in [2.05, 4.69) is 15.5 Å². The molecule has 2 aromatic heterocycles. The summed E-state index contributed by atoms with van der Waals surface area (Å²) in [6.07, 6.45) is 0. The predicted octanol–water partition coefficient (Wildman–Crippen LogP) is 3.07. The molecule has 2 heterocycles. The lowest BCUT2D eigenvalue weighted by molar-refractivity contribution is 0.414. The molecular weight excluding hydrogens is 352 g/mol. The number of para-hydroxylation sites is 1. The van der Waals surface area contributed by atoms with E-state index in [0.29, 0.717) is 22.2 Å². The van der Waals surface area contributed by atoms with Gasteiger partial charge in [-0.2, -0.15) is 4.68 Å². The first-order valence-electron chi connectivity index (χ1n) is 7.82. The largest absolute Gasteiger partial charge is 0.497 e. The van der Waals surface area contributed by atoms with Crippen LogP contribution in [0, 0.1) is 0 Å². The second-order valence-corrected chi connectivity index (χ2v) is 6.39. The number of nitrogens with zero attached hydrogens (tertiary/aromatic N) is 4. The monoisotopic (exact) mass is 366 g/mol. The zero-order valence-electron chi connectivity index (χ0n) is 13.8. The quantitative estimate of drug-likeness (QED) is 0.396. The van der Waals surface area contributed by atoms with E-state index in [1.54, 1.807) is 17.9 Å². The van der Waals surface area contributed by atoms with Crippen molar-refractivity contribution >= 4 is 22.7 Å². The number of hydrogen-bond donors (Lipinski definition) is 0. The third kappa shape index (κ3) is 3.18. The third-order valence-electron chi connectivity index (χ3n) is 3.84. The van der Waals surface area contributed by atoms with Crippen molar-refractivity contribution in [2.75, 3.05) is 7.11 Å². The van der Waals surface area contributed by atoms with Crippen LogP contribution in [-0.4, -0.2) is 27.3 Å². The minimum absolute atomic E-state index is 0.399. The van der Waals surface area contributed by atoms with Crippen molar-refractivity contribution in [1.29, 1.82) is 0 Å². The van der Waals surface area contributed by atoms with Crippen LogP contribution in [-0.2, 0) is 5.75 Å². The summed E-state index contributed by atoms with van der Waals surface area (Å²) in [4.78, 5) is 11.9. The average molecular weight is 366 g/mol. The van der Waals surface area contributed by atoms with Crippen LogP contribution in [0.25, 0.3) is 16.7 Å². The van der Waals surface area contributed by atoms with Crippen LogP contribution in [0.3, 0.4) is 0 Å². The molecular formula is C18H14N4O3S. The fourth-order valence-electron chi connectivity index (χ4n) is 2.60. The average Bonchev–Trinajstić information content (AvgIpc) is 3.14. The molecule has 0 unspecified atom stereocenters. The summed E-state index contributed by atoms with van der Waals surface area (Å²) in [5.41, 5.74) is 1.83. The van der Waals surface area contributed by atoms with Gasteiger partial charge in [0.1, 0.15) is 11.3 Å². The van der Waals surface area contributed by atoms with Crippen molar-refractivity contribution < 1.29 is 9.15 Å². The maximum atomic E-state index is 11.9. The van der Waals surface area contributed by atoms with Gasteiger partial charge >= 0.3 is 5.63 Å². The van der Waals surface area contributed by atoms with Gasteiger partial charge in [0.05, 0.1) is 12.8 Å². The van der Waals surface area contributed by atoms with Gasteiger partial charge in [0.15, 0.2) is 0 Å². The number of benzene rings is 2. The van der Waals surface area contributed by atoms with Gasteiger partial charge in [-0.15, -0.1) is 5.10 Å². The van der Waals surface area contributed by atoms with Gasteiger partial charge in [-0.3, -0.25) is 0 Å². The van der Waals surface area contributed by atoms with Crippen LogP contribution in [0.4, 0.5) is 0 Å². The minimum Gasteiger partial charge on any atom is -0.497 e. The van der Waals surface area contributed by atoms with Gasteiger partial charge in [-0.05, 0) is 40.3 Å². The summed E-state index contributed by atoms with van der Waals surface area (Å²) >= 11 is 1.45. The Kier molecular flexibility index (Phi) is 4.40. The second-order valence-electron chi connectivity index (χ2n) is 5.45. The molecule has 0 aliphatic carbocycles. The summed E-state index contributed by atoms with van der Waals surface area (Å²) in [6, 6.07) is 16.6. The molecule has 26 heavy (non-hydrogen) atoms. The first-order valence-corrected chi connectivity index (χ1v) is 8.80. The highest BCUT2D eigenvalue weighted by atomic mass is 32.2. The first-order chi connectivity index (χ1) is 12.7. The Morgan fingerprint density at radius 2 is 2.00 bits per heavy atom. The maximum absolute atomic E-state index is 11.9. The molecule has 0 aliphatic heterocycles. The van der Waals surface area contributed by atoms with Gasteiger partial charge in [-0.1, -0.05) is 30.0 Å². The molecule has 130 valence electrons. The van der Waals surface area contributed by atoms with Crippen LogP contribution in [0.1, 0.15) is 5.56 Å². The standard InChI is InChI=1S/C18H14N4O3S/c1-24-14-7-8-15-12(9-17(23)25-16(15)10-14)11-26-18-19-20-21-22(18)13-5-3-2-4-6-13/h2-10H,11H2,1H3.